The lowest BCUT2D eigenvalue weighted by Crippen LogP contribution is -2.38. The zero-order chi connectivity index (χ0) is 16.2. The Morgan fingerprint density at radius 1 is 1.33 bits per heavy atom. The van der Waals surface area contributed by atoms with Gasteiger partial charge in [-0.2, -0.15) is 0 Å². The lowest BCUT2D eigenvalue weighted by atomic mass is 9.99. The van der Waals surface area contributed by atoms with Crippen LogP contribution in [0.2, 0.25) is 0 Å². The molecule has 1 unspecified atom stereocenters. The van der Waals surface area contributed by atoms with E-state index < -0.39 is 38.3 Å². The van der Waals surface area contributed by atoms with Crippen LogP contribution in [0.1, 0.15) is 12.8 Å². The zero-order valence-electron chi connectivity index (χ0n) is 12.0. The van der Waals surface area contributed by atoms with Gasteiger partial charge in [0.05, 0.1) is 5.70 Å². The second-order valence-corrected chi connectivity index (χ2v) is 7.02. The first-order valence-electron chi connectivity index (χ1n) is 6.48. The summed E-state index contributed by atoms with van der Waals surface area (Å²) in [4.78, 5) is 4.42. The Balaban J connectivity index is 3.09. The number of piperidine rings is 1. The molecule has 0 radical (unpaired) electrons. The molecule has 21 heavy (non-hydrogen) atoms. The number of hydrogen-bond acceptors (Lipinski definition) is 5. The number of nitrogens with two attached hydrogens (primary N) is 1. The van der Waals surface area contributed by atoms with Crippen LogP contribution in [-0.4, -0.2) is 58.6 Å². The Hall–Kier alpha value is -1.09. The van der Waals surface area contributed by atoms with Crippen molar-refractivity contribution in [3.8, 4) is 0 Å². The first-order chi connectivity index (χ1) is 9.71. The number of halogens is 3. The fourth-order valence-corrected chi connectivity index (χ4v) is 3.89. The third-order valence-corrected chi connectivity index (χ3v) is 5.43. The number of allylic oxidation sites excluding steroid dienone is 2. The highest BCUT2D eigenvalue weighted by Gasteiger charge is 2.39. The van der Waals surface area contributed by atoms with Gasteiger partial charge >= 0.3 is 0 Å². The summed E-state index contributed by atoms with van der Waals surface area (Å²) >= 11 is 0. The smallest absolute Gasteiger partial charge is 0.279 e. The molecular formula is C12H20F3N3O2S. The van der Waals surface area contributed by atoms with Crippen molar-refractivity contribution in [2.45, 2.75) is 24.8 Å². The molecule has 1 rings (SSSR count). The molecule has 0 aromatic carbocycles. The van der Waals surface area contributed by atoms with Crippen LogP contribution in [0.5, 0.6) is 0 Å². The van der Waals surface area contributed by atoms with E-state index in [2.05, 4.69) is 4.99 Å². The van der Waals surface area contributed by atoms with E-state index in [0.717, 1.165) is 0 Å². The topological polar surface area (TPSA) is 75.8 Å². The van der Waals surface area contributed by atoms with Gasteiger partial charge < -0.3 is 10.6 Å². The molecule has 1 aliphatic rings. The van der Waals surface area contributed by atoms with Crippen molar-refractivity contribution >= 4 is 16.1 Å². The highest BCUT2D eigenvalue weighted by atomic mass is 32.2. The van der Waals surface area contributed by atoms with Crippen molar-refractivity contribution in [2.24, 2.45) is 16.6 Å². The van der Waals surface area contributed by atoms with Crippen LogP contribution >= 0.6 is 0 Å². The maximum Gasteiger partial charge on any atom is 0.279 e. The van der Waals surface area contributed by atoms with Crippen molar-refractivity contribution in [1.29, 1.82) is 0 Å². The van der Waals surface area contributed by atoms with Crippen LogP contribution in [-0.2, 0) is 9.84 Å². The van der Waals surface area contributed by atoms with Crippen LogP contribution in [0, 0.1) is 5.92 Å². The molecule has 5 nitrogen and oxygen atoms in total. The standard InChI is InChI=1S/C12H20F3N3O2S/c1-17-7-9(10(16)11(13)14)21(19,20)12(15)8-3-5-18(2)6-4-8/h7-8,11-12H,3-6,16H2,1-2H3/b10-9+,17-7?. The Labute approximate surface area is 122 Å². The molecule has 0 aromatic rings. The quantitative estimate of drug-likeness (QED) is 0.769. The minimum atomic E-state index is -4.58. The van der Waals surface area contributed by atoms with E-state index in [1.54, 1.807) is 0 Å². The predicted octanol–water partition coefficient (Wildman–Crippen LogP) is 1.17. The van der Waals surface area contributed by atoms with Gasteiger partial charge in [-0.3, -0.25) is 4.99 Å². The predicted molar refractivity (Wildman–Crippen MR) is 75.7 cm³/mol. The van der Waals surface area contributed by atoms with Crippen molar-refractivity contribution in [3.63, 3.8) is 0 Å². The Morgan fingerprint density at radius 2 is 1.86 bits per heavy atom. The molecule has 0 saturated carbocycles. The Bertz CT molecular complexity index is 512. The van der Waals surface area contributed by atoms with Gasteiger partial charge in [0.2, 0.25) is 15.3 Å². The molecule has 9 heteroatoms. The van der Waals surface area contributed by atoms with Gasteiger partial charge in [-0.05, 0) is 33.0 Å². The van der Waals surface area contributed by atoms with E-state index in [1.807, 2.05) is 11.9 Å². The van der Waals surface area contributed by atoms with E-state index in [4.69, 9.17) is 5.73 Å². The maximum absolute atomic E-state index is 14.4. The van der Waals surface area contributed by atoms with E-state index in [-0.39, 0.29) is 0 Å². The van der Waals surface area contributed by atoms with E-state index in [9.17, 15) is 21.6 Å². The van der Waals surface area contributed by atoms with Crippen LogP contribution < -0.4 is 5.73 Å². The summed E-state index contributed by atoms with van der Waals surface area (Å²) in [6.45, 7) is 1.12. The molecule has 0 aliphatic carbocycles. The molecule has 2 N–H and O–H groups in total. The van der Waals surface area contributed by atoms with Crippen molar-refractivity contribution in [3.05, 3.63) is 10.6 Å². The largest absolute Gasteiger partial charge is 0.396 e. The average Bonchev–Trinajstić information content (AvgIpc) is 2.43. The van der Waals surface area contributed by atoms with E-state index in [1.165, 1.54) is 7.05 Å². The molecule has 0 aromatic heterocycles. The number of hydrogen-bond donors (Lipinski definition) is 1. The van der Waals surface area contributed by atoms with Crippen LogP contribution in [0.3, 0.4) is 0 Å². The summed E-state index contributed by atoms with van der Waals surface area (Å²) in [6.07, 6.45) is -1.81. The molecule has 122 valence electrons. The third-order valence-electron chi connectivity index (χ3n) is 3.50. The monoisotopic (exact) mass is 327 g/mol. The summed E-state index contributed by atoms with van der Waals surface area (Å²) < 4.78 is 64.1. The number of aliphatic imine (C=N–C) groups is 1. The normalized spacial score (nSPS) is 21.8. The lowest BCUT2D eigenvalue weighted by Gasteiger charge is -2.30. The summed E-state index contributed by atoms with van der Waals surface area (Å²) in [5, 5.41) is 0. The molecule has 0 spiro atoms. The SMILES string of the molecule is CN=C/C(=C(\N)C(F)F)S(=O)(=O)C(F)C1CCN(C)CC1. The number of alkyl halides is 3. The third kappa shape index (κ3) is 4.19. The first-order valence-corrected chi connectivity index (χ1v) is 8.03. The van der Waals surface area contributed by atoms with Gasteiger partial charge in [-0.1, -0.05) is 0 Å². The van der Waals surface area contributed by atoms with Gasteiger partial charge in [-0.15, -0.1) is 0 Å². The number of sulfone groups is 1. The molecule has 1 heterocycles. The number of nitrogens with zero attached hydrogens (tertiary/aromatic N) is 2. The minimum absolute atomic E-state index is 0.349. The highest BCUT2D eigenvalue weighted by Crippen LogP contribution is 2.30. The van der Waals surface area contributed by atoms with Crippen molar-refractivity contribution in [2.75, 3.05) is 27.2 Å². The molecule has 1 saturated heterocycles. The van der Waals surface area contributed by atoms with Crippen molar-refractivity contribution in [1.82, 2.24) is 4.90 Å². The lowest BCUT2D eigenvalue weighted by molar-refractivity contribution is 0.174. The second-order valence-electron chi connectivity index (χ2n) is 5.04. The van der Waals surface area contributed by atoms with E-state index in [0.29, 0.717) is 32.1 Å². The molecule has 1 fully saturated rings. The van der Waals surface area contributed by atoms with Gasteiger partial charge in [0.25, 0.3) is 6.43 Å². The van der Waals surface area contributed by atoms with Crippen LogP contribution in [0.4, 0.5) is 13.2 Å². The second kappa shape index (κ2) is 7.26. The zero-order valence-corrected chi connectivity index (χ0v) is 12.8. The minimum Gasteiger partial charge on any atom is -0.396 e. The highest BCUT2D eigenvalue weighted by molar-refractivity contribution is 7.96. The van der Waals surface area contributed by atoms with E-state index >= 15 is 0 Å². The van der Waals surface area contributed by atoms with Crippen LogP contribution in [0.15, 0.2) is 15.6 Å². The summed E-state index contributed by atoms with van der Waals surface area (Å²) in [5.74, 6) is -0.725. The van der Waals surface area contributed by atoms with Crippen molar-refractivity contribution < 1.29 is 21.6 Å². The van der Waals surface area contributed by atoms with Gasteiger partial charge in [0, 0.05) is 19.2 Å². The summed E-state index contributed by atoms with van der Waals surface area (Å²) in [6, 6.07) is 0. The first kappa shape index (κ1) is 18.0. The van der Waals surface area contributed by atoms with Gasteiger partial charge in [0.1, 0.15) is 4.91 Å². The fourth-order valence-electron chi connectivity index (χ4n) is 2.20. The molecule has 1 atom stereocenters. The average molecular weight is 327 g/mol. The number of likely N-dealkylation sites (tertiary alicyclic amines) is 1. The molecule has 0 bridgehead atoms. The molecular weight excluding hydrogens is 307 g/mol. The van der Waals surface area contributed by atoms with Crippen LogP contribution in [0.25, 0.3) is 0 Å². The molecule has 1 aliphatic heterocycles. The fraction of sp³-hybridized carbons (Fsp3) is 0.750. The Kier molecular flexibility index (Phi) is 6.21. The summed E-state index contributed by atoms with van der Waals surface area (Å²) in [7, 11) is -1.53. The van der Waals surface area contributed by atoms with Gasteiger partial charge in [0.15, 0.2) is 0 Å². The Morgan fingerprint density at radius 3 is 2.29 bits per heavy atom. The molecule has 0 amide bonds. The maximum atomic E-state index is 14.4. The summed E-state index contributed by atoms with van der Waals surface area (Å²) in [5.41, 5.74) is 1.68. The van der Waals surface area contributed by atoms with Gasteiger partial charge in [-0.25, -0.2) is 21.6 Å². The number of rotatable bonds is 5.